The van der Waals surface area contributed by atoms with Gasteiger partial charge >= 0.3 is 6.01 Å². The fourth-order valence-corrected chi connectivity index (χ4v) is 8.53. The molecule has 4 aromatic rings. The van der Waals surface area contributed by atoms with Crippen molar-refractivity contribution in [2.45, 2.75) is 61.9 Å². The maximum atomic E-state index is 17.0. The number of nitrogens with zero attached hydrogens (tertiary/aromatic N) is 5. The third kappa shape index (κ3) is 4.08. The maximum absolute atomic E-state index is 17.0. The fraction of sp³-hybridized carbons (Fsp3) is 0.441. The van der Waals surface area contributed by atoms with Crippen LogP contribution >= 0.6 is 0 Å². The zero-order valence-corrected chi connectivity index (χ0v) is 24.6. The number of piperazine rings is 1. The summed E-state index contributed by atoms with van der Waals surface area (Å²) in [6, 6.07) is 8.91. The van der Waals surface area contributed by atoms with E-state index in [0.29, 0.717) is 59.2 Å². The predicted molar refractivity (Wildman–Crippen MR) is 165 cm³/mol. The summed E-state index contributed by atoms with van der Waals surface area (Å²) in [5.74, 6) is 2.70. The van der Waals surface area contributed by atoms with E-state index in [1.807, 2.05) is 6.07 Å². The average Bonchev–Trinajstić information content (AvgIpc) is 3.67. The number of phenols is 1. The number of rotatable bonds is 4. The zero-order chi connectivity index (χ0) is 30.4. The number of nitrogens with one attached hydrogen (secondary N) is 1. The lowest BCUT2D eigenvalue weighted by Gasteiger charge is -2.40. The van der Waals surface area contributed by atoms with Gasteiger partial charge in [0, 0.05) is 48.1 Å². The SMILES string of the molecule is C#Cc1cccc2cc(O)cc(-c3nc4c5c(nc(OC[C@]67CCCN6C[C@H](F)C7)nc5c3F)N3C[C@@H]5CC[C@@H](N5)[C@@H]3CO4)c12. The molecule has 2 N–H and O–H groups in total. The molecule has 0 spiro atoms. The lowest BCUT2D eigenvalue weighted by Crippen LogP contribution is -2.60. The molecule has 5 aliphatic rings. The van der Waals surface area contributed by atoms with Gasteiger partial charge in [-0.25, -0.2) is 13.8 Å². The second-order valence-electron chi connectivity index (χ2n) is 13.1. The highest BCUT2D eigenvalue weighted by Gasteiger charge is 2.50. The standard InChI is InChI=1S/C34H32F2N6O3/c1-2-18-5-3-6-19-11-22(43)12-23(26(18)19)29-28(36)30-27-31(42-15-21-7-8-24(37-21)25(42)16-44-32(27)38-29)40-33(39-30)45-17-34-9-4-10-41(34)14-20(35)13-34/h1,3,5-6,11-12,20-21,24-25,37,43H,4,7-10,13-17H2/t20-,21+,24-,25+,34-/m1/s1. The van der Waals surface area contributed by atoms with Crippen molar-refractivity contribution in [3.8, 4) is 41.2 Å². The number of aromatic hydroxyl groups is 1. The number of terminal acetylenes is 1. The van der Waals surface area contributed by atoms with Gasteiger partial charge in [-0.3, -0.25) is 4.90 Å². The van der Waals surface area contributed by atoms with Gasteiger partial charge in [0.1, 0.15) is 47.5 Å². The number of fused-ring (bicyclic) bond motifs is 7. The summed E-state index contributed by atoms with van der Waals surface area (Å²) < 4.78 is 44.2. The van der Waals surface area contributed by atoms with Crippen molar-refractivity contribution in [2.24, 2.45) is 0 Å². The van der Waals surface area contributed by atoms with Gasteiger partial charge in [-0.05, 0) is 55.8 Å². The topological polar surface area (TPSA) is 95.9 Å². The molecular weight excluding hydrogens is 578 g/mol. The van der Waals surface area contributed by atoms with Crippen LogP contribution < -0.4 is 19.7 Å². The molecule has 0 aliphatic carbocycles. The number of halogens is 2. The summed E-state index contributed by atoms with van der Waals surface area (Å²) in [5.41, 5.74) is 0.457. The summed E-state index contributed by atoms with van der Waals surface area (Å²) in [7, 11) is 0. The Kier molecular flexibility index (Phi) is 5.93. The van der Waals surface area contributed by atoms with E-state index in [-0.39, 0.29) is 53.6 Å². The molecule has 11 heteroatoms. The fourth-order valence-electron chi connectivity index (χ4n) is 8.53. The Morgan fingerprint density at radius 1 is 1.18 bits per heavy atom. The minimum absolute atomic E-state index is 0.0202. The normalized spacial score (nSPS) is 28.5. The Labute approximate surface area is 258 Å². The van der Waals surface area contributed by atoms with Gasteiger partial charge < -0.3 is 24.8 Å². The molecule has 9 nitrogen and oxygen atoms in total. The first-order chi connectivity index (χ1) is 21.9. The number of phenolic OH excluding ortho intramolecular Hbond substituents is 1. The summed E-state index contributed by atoms with van der Waals surface area (Å²) in [6.45, 7) is 2.47. The highest BCUT2D eigenvalue weighted by molar-refractivity contribution is 6.04. The van der Waals surface area contributed by atoms with Gasteiger partial charge in [-0.1, -0.05) is 18.1 Å². The average molecular weight is 611 g/mol. The van der Waals surface area contributed by atoms with Gasteiger partial charge in [-0.2, -0.15) is 9.97 Å². The van der Waals surface area contributed by atoms with Crippen molar-refractivity contribution < 1.29 is 23.4 Å². The van der Waals surface area contributed by atoms with E-state index in [1.165, 1.54) is 6.07 Å². The lowest BCUT2D eigenvalue weighted by atomic mass is 9.95. The first-order valence-corrected chi connectivity index (χ1v) is 15.7. The van der Waals surface area contributed by atoms with Crippen LogP contribution in [0.2, 0.25) is 0 Å². The Morgan fingerprint density at radius 2 is 2.09 bits per heavy atom. The minimum atomic E-state index is -0.899. The van der Waals surface area contributed by atoms with Crippen LogP contribution in [0.1, 0.15) is 37.7 Å². The third-order valence-corrected chi connectivity index (χ3v) is 10.5. The molecule has 4 fully saturated rings. The molecule has 45 heavy (non-hydrogen) atoms. The van der Waals surface area contributed by atoms with E-state index >= 15 is 4.39 Å². The number of alkyl halides is 1. The Morgan fingerprint density at radius 3 is 2.98 bits per heavy atom. The van der Waals surface area contributed by atoms with Crippen molar-refractivity contribution in [3.05, 3.63) is 41.7 Å². The second-order valence-corrected chi connectivity index (χ2v) is 13.1. The monoisotopic (exact) mass is 610 g/mol. The summed E-state index contributed by atoms with van der Waals surface area (Å²) in [4.78, 5) is 18.7. The first-order valence-electron chi connectivity index (χ1n) is 15.7. The second kappa shape index (κ2) is 9.86. The molecule has 2 aromatic carbocycles. The quantitative estimate of drug-likeness (QED) is 0.328. The Balaban J connectivity index is 1.24. The molecule has 5 aliphatic heterocycles. The lowest BCUT2D eigenvalue weighted by molar-refractivity contribution is 0.107. The van der Waals surface area contributed by atoms with Crippen LogP contribution in [0.5, 0.6) is 17.6 Å². The van der Waals surface area contributed by atoms with Crippen molar-refractivity contribution in [1.82, 2.24) is 25.2 Å². The number of hydrogen-bond donors (Lipinski definition) is 2. The maximum Gasteiger partial charge on any atom is 0.319 e. The van der Waals surface area contributed by atoms with E-state index in [4.69, 9.17) is 25.9 Å². The van der Waals surface area contributed by atoms with E-state index < -0.39 is 17.5 Å². The first kappa shape index (κ1) is 27.1. The number of ether oxygens (including phenoxy) is 2. The summed E-state index contributed by atoms with van der Waals surface area (Å²) in [5, 5.41) is 16.0. The molecule has 7 heterocycles. The molecule has 2 bridgehead atoms. The van der Waals surface area contributed by atoms with Crippen molar-refractivity contribution in [2.75, 3.05) is 37.7 Å². The van der Waals surface area contributed by atoms with Gasteiger partial charge in [0.25, 0.3) is 0 Å². The van der Waals surface area contributed by atoms with E-state index in [2.05, 4.69) is 26.0 Å². The number of hydrogen-bond acceptors (Lipinski definition) is 9. The Hall–Kier alpha value is -4.27. The van der Waals surface area contributed by atoms with E-state index in [9.17, 15) is 9.50 Å². The van der Waals surface area contributed by atoms with Crippen LogP contribution in [0, 0.1) is 18.2 Å². The van der Waals surface area contributed by atoms with Crippen molar-refractivity contribution in [1.29, 1.82) is 0 Å². The molecule has 2 aromatic heterocycles. The van der Waals surface area contributed by atoms with E-state index in [1.54, 1.807) is 18.2 Å². The highest BCUT2D eigenvalue weighted by Crippen LogP contribution is 2.45. The summed E-state index contributed by atoms with van der Waals surface area (Å²) in [6.07, 6.45) is 9.21. The third-order valence-electron chi connectivity index (χ3n) is 10.5. The molecule has 0 radical (unpaired) electrons. The minimum Gasteiger partial charge on any atom is -0.508 e. The Bertz CT molecular complexity index is 1930. The highest BCUT2D eigenvalue weighted by atomic mass is 19.1. The zero-order valence-electron chi connectivity index (χ0n) is 24.6. The van der Waals surface area contributed by atoms with Gasteiger partial charge in [0.2, 0.25) is 5.88 Å². The predicted octanol–water partition coefficient (Wildman–Crippen LogP) is 4.33. The van der Waals surface area contributed by atoms with Crippen LogP contribution in [0.3, 0.4) is 0 Å². The molecule has 0 saturated carbocycles. The molecule has 230 valence electrons. The van der Waals surface area contributed by atoms with Gasteiger partial charge in [-0.15, -0.1) is 6.42 Å². The molecule has 0 amide bonds. The molecule has 0 unspecified atom stereocenters. The number of aromatic nitrogens is 3. The number of pyridine rings is 1. The largest absolute Gasteiger partial charge is 0.508 e. The van der Waals surface area contributed by atoms with Crippen LogP contribution in [0.15, 0.2) is 30.3 Å². The smallest absolute Gasteiger partial charge is 0.319 e. The molecule has 5 atom stereocenters. The van der Waals surface area contributed by atoms with Crippen LogP contribution in [-0.2, 0) is 0 Å². The molecular formula is C34H32F2N6O3. The number of anilines is 1. The molecule has 9 rings (SSSR count). The number of benzene rings is 2. The van der Waals surface area contributed by atoms with Crippen molar-refractivity contribution >= 4 is 27.5 Å². The van der Waals surface area contributed by atoms with Crippen molar-refractivity contribution in [3.63, 3.8) is 0 Å². The van der Waals surface area contributed by atoms with E-state index in [0.717, 1.165) is 32.2 Å². The van der Waals surface area contributed by atoms with Crippen LogP contribution in [0.4, 0.5) is 14.6 Å². The summed E-state index contributed by atoms with van der Waals surface area (Å²) >= 11 is 0. The van der Waals surface area contributed by atoms with Crippen LogP contribution in [-0.4, -0.2) is 87.6 Å². The van der Waals surface area contributed by atoms with Crippen LogP contribution in [0.25, 0.3) is 32.9 Å². The molecule has 4 saturated heterocycles. The van der Waals surface area contributed by atoms with Gasteiger partial charge in [0.15, 0.2) is 5.82 Å². The van der Waals surface area contributed by atoms with Gasteiger partial charge in [0.05, 0.1) is 11.6 Å².